The van der Waals surface area contributed by atoms with Crippen LogP contribution in [0.5, 0.6) is 0 Å². The van der Waals surface area contributed by atoms with Crippen molar-refractivity contribution in [2.45, 2.75) is 6.92 Å². The molecule has 0 radical (unpaired) electrons. The zero-order chi connectivity index (χ0) is 12.4. The number of nitrogens with one attached hydrogen (secondary N) is 2. The summed E-state index contributed by atoms with van der Waals surface area (Å²) in [5, 5.41) is 17.4. The molecule has 0 aromatic carbocycles. The number of hydrogen-bond donors (Lipinski definition) is 2. The highest BCUT2D eigenvalue weighted by atomic mass is 15.5. The molecule has 0 spiro atoms. The van der Waals surface area contributed by atoms with Gasteiger partial charge in [0.1, 0.15) is 0 Å². The van der Waals surface area contributed by atoms with Crippen molar-refractivity contribution in [3.63, 3.8) is 0 Å². The Morgan fingerprint density at radius 2 is 2.06 bits per heavy atom. The van der Waals surface area contributed by atoms with Crippen molar-refractivity contribution < 1.29 is 0 Å². The molecule has 7 nitrogen and oxygen atoms in total. The molecule has 2 aromatic heterocycles. The van der Waals surface area contributed by atoms with Crippen LogP contribution in [0.15, 0.2) is 12.4 Å². The number of tetrazole rings is 1. The second-order valence-corrected chi connectivity index (χ2v) is 4.30. The monoisotopic (exact) mass is 245 g/mol. The maximum atomic E-state index is 4.29. The normalized spacial score (nSPS) is 15.9. The van der Waals surface area contributed by atoms with E-state index in [0.717, 1.165) is 43.0 Å². The van der Waals surface area contributed by atoms with Crippen LogP contribution in [0, 0.1) is 6.92 Å². The topological polar surface area (TPSA) is 82.6 Å². The lowest BCUT2D eigenvalue weighted by molar-refractivity contribution is 0.588. The van der Waals surface area contributed by atoms with Crippen LogP contribution in [-0.4, -0.2) is 51.8 Å². The maximum Gasteiger partial charge on any atom is 0.206 e. The lowest BCUT2D eigenvalue weighted by atomic mass is 10.1. The third-order valence-corrected chi connectivity index (χ3v) is 3.23. The molecule has 0 atom stereocenters. The van der Waals surface area contributed by atoms with Gasteiger partial charge < -0.3 is 10.2 Å². The van der Waals surface area contributed by atoms with E-state index in [2.05, 4.69) is 42.7 Å². The number of rotatable bonds is 2. The first-order chi connectivity index (χ1) is 8.86. The third kappa shape index (κ3) is 1.92. The van der Waals surface area contributed by atoms with E-state index in [1.54, 1.807) is 6.20 Å². The van der Waals surface area contributed by atoms with Gasteiger partial charge in [0.2, 0.25) is 5.82 Å². The van der Waals surface area contributed by atoms with Gasteiger partial charge in [-0.15, -0.1) is 10.2 Å². The molecule has 0 aliphatic carbocycles. The first-order valence-electron chi connectivity index (χ1n) is 6.00. The van der Waals surface area contributed by atoms with Gasteiger partial charge in [0.05, 0.1) is 11.9 Å². The molecule has 2 N–H and O–H groups in total. The summed E-state index contributed by atoms with van der Waals surface area (Å²) in [5.41, 5.74) is 3.23. The summed E-state index contributed by atoms with van der Waals surface area (Å²) in [6.45, 7) is 6.08. The molecule has 1 aliphatic heterocycles. The van der Waals surface area contributed by atoms with Gasteiger partial charge in [-0.2, -0.15) is 5.21 Å². The number of hydrogen-bond acceptors (Lipinski definition) is 6. The summed E-state index contributed by atoms with van der Waals surface area (Å²) < 4.78 is 0. The molecule has 0 bridgehead atoms. The smallest absolute Gasteiger partial charge is 0.206 e. The zero-order valence-electron chi connectivity index (χ0n) is 10.2. The van der Waals surface area contributed by atoms with Crippen LogP contribution < -0.4 is 10.2 Å². The third-order valence-electron chi connectivity index (χ3n) is 3.23. The second kappa shape index (κ2) is 4.69. The summed E-state index contributed by atoms with van der Waals surface area (Å²) in [4.78, 5) is 6.63. The van der Waals surface area contributed by atoms with E-state index in [1.807, 2.05) is 6.20 Å². The number of anilines is 1. The molecule has 18 heavy (non-hydrogen) atoms. The van der Waals surface area contributed by atoms with Gasteiger partial charge in [0.15, 0.2) is 0 Å². The molecule has 1 fully saturated rings. The summed E-state index contributed by atoms with van der Waals surface area (Å²) in [6.07, 6.45) is 3.69. The Morgan fingerprint density at radius 1 is 1.22 bits per heavy atom. The molecule has 94 valence electrons. The van der Waals surface area contributed by atoms with Crippen LogP contribution in [0.1, 0.15) is 5.56 Å². The summed E-state index contributed by atoms with van der Waals surface area (Å²) in [5.74, 6) is 0.594. The van der Waals surface area contributed by atoms with Crippen molar-refractivity contribution in [2.75, 3.05) is 31.1 Å². The number of nitrogens with zero attached hydrogens (tertiary/aromatic N) is 5. The molecule has 1 saturated heterocycles. The molecular weight excluding hydrogens is 230 g/mol. The van der Waals surface area contributed by atoms with Gasteiger partial charge in [0.25, 0.3) is 0 Å². The van der Waals surface area contributed by atoms with Gasteiger partial charge in [-0.1, -0.05) is 0 Å². The SMILES string of the molecule is Cc1c(-c2nn[nH]n2)cncc1N1CCNCC1. The van der Waals surface area contributed by atoms with Gasteiger partial charge in [-0.25, -0.2) is 0 Å². The van der Waals surface area contributed by atoms with E-state index in [-0.39, 0.29) is 0 Å². The lowest BCUT2D eigenvalue weighted by Crippen LogP contribution is -2.43. The Morgan fingerprint density at radius 3 is 2.78 bits per heavy atom. The molecule has 1 aliphatic rings. The van der Waals surface area contributed by atoms with Crippen molar-refractivity contribution in [2.24, 2.45) is 0 Å². The number of aromatic amines is 1. The number of H-pyrrole nitrogens is 1. The summed E-state index contributed by atoms with van der Waals surface area (Å²) >= 11 is 0. The zero-order valence-corrected chi connectivity index (χ0v) is 10.2. The predicted molar refractivity (Wildman–Crippen MR) is 67.2 cm³/mol. The van der Waals surface area contributed by atoms with Crippen LogP contribution in [0.2, 0.25) is 0 Å². The first kappa shape index (κ1) is 11.1. The molecule has 3 rings (SSSR count). The Kier molecular flexibility index (Phi) is 2.89. The van der Waals surface area contributed by atoms with Gasteiger partial charge in [-0.05, 0) is 17.7 Å². The molecule has 2 aromatic rings. The Hall–Kier alpha value is -2.02. The van der Waals surface area contributed by atoms with Gasteiger partial charge >= 0.3 is 0 Å². The fourth-order valence-corrected chi connectivity index (χ4v) is 2.24. The molecule has 0 amide bonds. The minimum atomic E-state index is 0.594. The maximum absolute atomic E-state index is 4.29. The van der Waals surface area contributed by atoms with Crippen LogP contribution in [0.3, 0.4) is 0 Å². The molecule has 7 heteroatoms. The van der Waals surface area contributed by atoms with Crippen molar-refractivity contribution in [1.82, 2.24) is 30.9 Å². The fourth-order valence-electron chi connectivity index (χ4n) is 2.24. The van der Waals surface area contributed by atoms with E-state index in [1.165, 1.54) is 0 Å². The predicted octanol–water partition coefficient (Wildman–Crippen LogP) is -0.0203. The van der Waals surface area contributed by atoms with Crippen LogP contribution in [0.25, 0.3) is 11.4 Å². The van der Waals surface area contributed by atoms with Crippen molar-refractivity contribution in [1.29, 1.82) is 0 Å². The number of aromatic nitrogens is 5. The second-order valence-electron chi connectivity index (χ2n) is 4.30. The summed E-state index contributed by atoms with van der Waals surface area (Å²) in [7, 11) is 0. The first-order valence-corrected chi connectivity index (χ1v) is 6.00. The van der Waals surface area contributed by atoms with Crippen molar-refractivity contribution >= 4 is 5.69 Å². The van der Waals surface area contributed by atoms with Crippen LogP contribution >= 0.6 is 0 Å². The van der Waals surface area contributed by atoms with E-state index in [9.17, 15) is 0 Å². The Bertz CT molecular complexity index is 516. The minimum absolute atomic E-state index is 0.594. The van der Waals surface area contributed by atoms with E-state index < -0.39 is 0 Å². The lowest BCUT2D eigenvalue weighted by Gasteiger charge is -2.30. The van der Waals surface area contributed by atoms with Crippen LogP contribution in [-0.2, 0) is 0 Å². The van der Waals surface area contributed by atoms with Gasteiger partial charge in [-0.3, -0.25) is 4.98 Å². The number of pyridine rings is 1. The summed E-state index contributed by atoms with van der Waals surface area (Å²) in [6, 6.07) is 0. The standard InChI is InChI=1S/C11H15N7/c1-8-9(11-14-16-17-15-11)6-13-7-10(8)18-4-2-12-3-5-18/h6-7,12H,2-5H2,1H3,(H,14,15,16,17). The van der Waals surface area contributed by atoms with Crippen LogP contribution in [0.4, 0.5) is 5.69 Å². The number of piperazine rings is 1. The van der Waals surface area contributed by atoms with Crippen molar-refractivity contribution in [3.8, 4) is 11.4 Å². The van der Waals surface area contributed by atoms with Gasteiger partial charge in [0, 0.05) is 37.9 Å². The Balaban J connectivity index is 1.98. The Labute approximate surface area is 105 Å². The fraction of sp³-hybridized carbons (Fsp3) is 0.455. The minimum Gasteiger partial charge on any atom is -0.368 e. The van der Waals surface area contributed by atoms with E-state index in [0.29, 0.717) is 5.82 Å². The highest BCUT2D eigenvalue weighted by molar-refractivity contribution is 5.68. The van der Waals surface area contributed by atoms with E-state index in [4.69, 9.17) is 0 Å². The highest BCUT2D eigenvalue weighted by Crippen LogP contribution is 2.27. The average Bonchev–Trinajstić information content (AvgIpc) is 2.94. The molecule has 0 saturated carbocycles. The highest BCUT2D eigenvalue weighted by Gasteiger charge is 2.16. The largest absolute Gasteiger partial charge is 0.368 e. The van der Waals surface area contributed by atoms with E-state index >= 15 is 0 Å². The molecule has 3 heterocycles. The molecular formula is C11H15N7. The average molecular weight is 245 g/mol. The molecule has 0 unspecified atom stereocenters. The quantitative estimate of drug-likeness (QED) is 0.773. The van der Waals surface area contributed by atoms with Crippen molar-refractivity contribution in [3.05, 3.63) is 18.0 Å².